The molecule has 110 valence electrons. The first kappa shape index (κ1) is 16.1. The van der Waals surface area contributed by atoms with Crippen LogP contribution in [-0.2, 0) is 4.79 Å². The Morgan fingerprint density at radius 1 is 1.14 bits per heavy atom. The van der Waals surface area contributed by atoms with E-state index in [2.05, 4.69) is 21.2 Å². The van der Waals surface area contributed by atoms with Crippen molar-refractivity contribution in [3.63, 3.8) is 0 Å². The number of rotatable bonds is 3. The van der Waals surface area contributed by atoms with Crippen molar-refractivity contribution in [2.24, 2.45) is 0 Å². The molecule has 2 aromatic carbocycles. The van der Waals surface area contributed by atoms with Gasteiger partial charge in [0.25, 0.3) is 5.91 Å². The van der Waals surface area contributed by atoms with E-state index in [0.717, 1.165) is 4.47 Å². The second kappa shape index (κ2) is 7.12. The monoisotopic (exact) mass is 376 g/mol. The van der Waals surface area contributed by atoms with Gasteiger partial charge in [0.05, 0.1) is 0 Å². The van der Waals surface area contributed by atoms with Gasteiger partial charge in [-0.15, -0.1) is 0 Å². The van der Waals surface area contributed by atoms with Crippen LogP contribution in [0.3, 0.4) is 0 Å². The van der Waals surface area contributed by atoms with Crippen LogP contribution in [0.5, 0.6) is 0 Å². The second-order valence-corrected chi connectivity index (χ2v) is 5.66. The van der Waals surface area contributed by atoms with Gasteiger partial charge in [0.15, 0.2) is 5.57 Å². The number of nitriles is 1. The van der Waals surface area contributed by atoms with Gasteiger partial charge in [0.1, 0.15) is 11.8 Å². The van der Waals surface area contributed by atoms with E-state index in [0.29, 0.717) is 16.3 Å². The Morgan fingerprint density at radius 3 is 2.27 bits per heavy atom. The Balaban J connectivity index is 2.28. The van der Waals surface area contributed by atoms with E-state index in [4.69, 9.17) is 16.9 Å². The number of benzene rings is 2. The molecule has 0 spiro atoms. The van der Waals surface area contributed by atoms with Crippen LogP contribution in [0, 0.1) is 11.3 Å². The number of aliphatic hydroxyl groups excluding tert-OH is 1. The highest BCUT2D eigenvalue weighted by Gasteiger charge is 2.16. The Bertz CT molecular complexity index is 762. The smallest absolute Gasteiger partial charge is 0.270 e. The molecule has 0 aliphatic heterocycles. The Kier molecular flexibility index (Phi) is 5.21. The number of carbonyl (C=O) groups is 1. The third-order valence-electron chi connectivity index (χ3n) is 2.80. The van der Waals surface area contributed by atoms with Crippen molar-refractivity contribution in [2.75, 3.05) is 5.32 Å². The predicted octanol–water partition coefficient (Wildman–Crippen LogP) is 4.53. The van der Waals surface area contributed by atoms with Crippen LogP contribution >= 0.6 is 27.5 Å². The van der Waals surface area contributed by atoms with E-state index in [1.54, 1.807) is 54.6 Å². The molecule has 0 aromatic heterocycles. The normalized spacial score (nSPS) is 11.3. The largest absolute Gasteiger partial charge is 0.506 e. The Hall–Kier alpha value is -2.29. The number of anilines is 1. The summed E-state index contributed by atoms with van der Waals surface area (Å²) in [6, 6.07) is 14.8. The maximum atomic E-state index is 12.1. The van der Waals surface area contributed by atoms with Crippen molar-refractivity contribution in [2.45, 2.75) is 0 Å². The molecule has 2 N–H and O–H groups in total. The molecule has 2 rings (SSSR count). The van der Waals surface area contributed by atoms with Gasteiger partial charge in [-0.2, -0.15) is 5.26 Å². The molecule has 0 radical (unpaired) electrons. The van der Waals surface area contributed by atoms with Crippen LogP contribution in [0.2, 0.25) is 5.02 Å². The van der Waals surface area contributed by atoms with Gasteiger partial charge >= 0.3 is 0 Å². The Labute approximate surface area is 140 Å². The van der Waals surface area contributed by atoms with E-state index >= 15 is 0 Å². The number of carbonyl (C=O) groups excluding carboxylic acids is 1. The molecular weight excluding hydrogens is 368 g/mol. The lowest BCUT2D eigenvalue weighted by Gasteiger charge is -2.07. The fourth-order valence-electron chi connectivity index (χ4n) is 1.69. The molecule has 0 fully saturated rings. The molecule has 2 aromatic rings. The highest BCUT2D eigenvalue weighted by Crippen LogP contribution is 2.20. The zero-order valence-corrected chi connectivity index (χ0v) is 13.5. The van der Waals surface area contributed by atoms with Gasteiger partial charge in [-0.25, -0.2) is 0 Å². The van der Waals surface area contributed by atoms with E-state index in [1.807, 2.05) is 0 Å². The van der Waals surface area contributed by atoms with E-state index < -0.39 is 5.91 Å². The summed E-state index contributed by atoms with van der Waals surface area (Å²) in [5.74, 6) is -1.06. The fraction of sp³-hybridized carbons (Fsp3) is 0. The second-order valence-electron chi connectivity index (χ2n) is 4.30. The number of nitrogens with one attached hydrogen (secondary N) is 1. The minimum Gasteiger partial charge on any atom is -0.506 e. The molecule has 22 heavy (non-hydrogen) atoms. The molecule has 0 aliphatic rings. The van der Waals surface area contributed by atoms with Gasteiger partial charge in [0, 0.05) is 20.7 Å². The van der Waals surface area contributed by atoms with Gasteiger partial charge in [-0.05, 0) is 36.4 Å². The Morgan fingerprint density at radius 2 is 1.73 bits per heavy atom. The lowest BCUT2D eigenvalue weighted by molar-refractivity contribution is -0.112. The molecule has 1 amide bonds. The standard InChI is InChI=1S/C16H10BrClN2O2/c17-11-3-1-10(2-4-11)15(21)14(9-19)16(22)20-13-7-5-12(18)6-8-13/h1-8,21H,(H,20,22)/b15-14-. The summed E-state index contributed by atoms with van der Waals surface area (Å²) in [6.45, 7) is 0. The average molecular weight is 378 g/mol. The van der Waals surface area contributed by atoms with E-state index in [-0.39, 0.29) is 11.3 Å². The van der Waals surface area contributed by atoms with Crippen molar-refractivity contribution >= 4 is 44.9 Å². The zero-order chi connectivity index (χ0) is 16.1. The van der Waals surface area contributed by atoms with Gasteiger partial charge in [-0.1, -0.05) is 39.7 Å². The zero-order valence-electron chi connectivity index (χ0n) is 11.2. The molecule has 0 unspecified atom stereocenters. The summed E-state index contributed by atoms with van der Waals surface area (Å²) >= 11 is 9.04. The van der Waals surface area contributed by atoms with Crippen LogP contribution in [-0.4, -0.2) is 11.0 Å². The summed E-state index contributed by atoms with van der Waals surface area (Å²) < 4.78 is 0.827. The van der Waals surface area contributed by atoms with Crippen LogP contribution in [0.15, 0.2) is 58.6 Å². The molecule has 0 aliphatic carbocycles. The molecular formula is C16H10BrClN2O2. The first-order valence-electron chi connectivity index (χ1n) is 6.17. The number of halogens is 2. The lowest BCUT2D eigenvalue weighted by atomic mass is 10.1. The number of aliphatic hydroxyl groups is 1. The molecule has 6 heteroatoms. The summed E-state index contributed by atoms with van der Waals surface area (Å²) in [6.07, 6.45) is 0. The summed E-state index contributed by atoms with van der Waals surface area (Å²) in [7, 11) is 0. The fourth-order valence-corrected chi connectivity index (χ4v) is 2.08. The minimum absolute atomic E-state index is 0.364. The van der Waals surface area contributed by atoms with Crippen molar-refractivity contribution in [1.29, 1.82) is 5.26 Å². The van der Waals surface area contributed by atoms with Gasteiger partial charge in [-0.3, -0.25) is 4.79 Å². The maximum Gasteiger partial charge on any atom is 0.270 e. The highest BCUT2D eigenvalue weighted by molar-refractivity contribution is 9.10. The third-order valence-corrected chi connectivity index (χ3v) is 3.58. The average Bonchev–Trinajstić information content (AvgIpc) is 2.51. The molecule has 0 saturated heterocycles. The lowest BCUT2D eigenvalue weighted by Crippen LogP contribution is -2.15. The quantitative estimate of drug-likeness (QED) is 0.469. The van der Waals surface area contributed by atoms with Crippen molar-refractivity contribution in [1.82, 2.24) is 0 Å². The first-order chi connectivity index (χ1) is 10.5. The number of hydrogen-bond acceptors (Lipinski definition) is 3. The number of amides is 1. The number of nitrogens with zero attached hydrogens (tertiary/aromatic N) is 1. The van der Waals surface area contributed by atoms with Crippen LogP contribution in [0.4, 0.5) is 5.69 Å². The molecule has 0 bridgehead atoms. The van der Waals surface area contributed by atoms with Crippen molar-refractivity contribution in [3.05, 3.63) is 69.2 Å². The van der Waals surface area contributed by atoms with Crippen molar-refractivity contribution in [3.8, 4) is 6.07 Å². The summed E-state index contributed by atoms with van der Waals surface area (Å²) in [5, 5.41) is 22.3. The highest BCUT2D eigenvalue weighted by atomic mass is 79.9. The summed E-state index contributed by atoms with van der Waals surface area (Å²) in [4.78, 5) is 12.1. The molecule has 4 nitrogen and oxygen atoms in total. The van der Waals surface area contributed by atoms with Crippen LogP contribution in [0.25, 0.3) is 5.76 Å². The first-order valence-corrected chi connectivity index (χ1v) is 7.34. The topological polar surface area (TPSA) is 73.1 Å². The predicted molar refractivity (Wildman–Crippen MR) is 89.4 cm³/mol. The van der Waals surface area contributed by atoms with Crippen LogP contribution < -0.4 is 5.32 Å². The summed E-state index contributed by atoms with van der Waals surface area (Å²) in [5.41, 5.74) is 0.494. The SMILES string of the molecule is N#C/C(C(=O)Nc1ccc(Cl)cc1)=C(/O)c1ccc(Br)cc1. The van der Waals surface area contributed by atoms with Gasteiger partial charge in [0.2, 0.25) is 0 Å². The minimum atomic E-state index is -0.690. The molecule has 0 saturated carbocycles. The van der Waals surface area contributed by atoms with Gasteiger partial charge < -0.3 is 10.4 Å². The number of hydrogen-bond donors (Lipinski definition) is 2. The van der Waals surface area contributed by atoms with E-state index in [1.165, 1.54) is 0 Å². The van der Waals surface area contributed by atoms with Crippen LogP contribution in [0.1, 0.15) is 5.56 Å². The third kappa shape index (κ3) is 3.88. The molecule has 0 heterocycles. The maximum absolute atomic E-state index is 12.1. The van der Waals surface area contributed by atoms with E-state index in [9.17, 15) is 9.90 Å². The molecule has 0 atom stereocenters. The van der Waals surface area contributed by atoms with Crippen molar-refractivity contribution < 1.29 is 9.90 Å².